The van der Waals surface area contributed by atoms with Crippen LogP contribution in [0.2, 0.25) is 0 Å². The Morgan fingerprint density at radius 1 is 1.25 bits per heavy atom. The monoisotopic (exact) mass is 266 g/mol. The van der Waals surface area contributed by atoms with E-state index in [1.54, 1.807) is 25.1 Å². The normalized spacial score (nSPS) is 11.4. The molecule has 0 aliphatic carbocycles. The van der Waals surface area contributed by atoms with Gasteiger partial charge in [-0.2, -0.15) is 5.26 Å². The van der Waals surface area contributed by atoms with E-state index in [4.69, 9.17) is 4.74 Å². The van der Waals surface area contributed by atoms with Crippen LogP contribution < -0.4 is 0 Å². The minimum atomic E-state index is -0.495. The number of benzene rings is 1. The Labute approximate surface area is 117 Å². The molecule has 0 N–H and O–H groups in total. The van der Waals surface area contributed by atoms with Crippen molar-refractivity contribution in [1.29, 1.82) is 5.26 Å². The molecule has 1 heterocycles. The van der Waals surface area contributed by atoms with Crippen molar-refractivity contribution in [3.8, 4) is 6.07 Å². The number of hydrogen-bond acceptors (Lipinski definition) is 4. The number of carbonyl (C=O) groups is 1. The van der Waals surface area contributed by atoms with Crippen molar-refractivity contribution in [2.45, 2.75) is 12.8 Å². The highest BCUT2D eigenvalue weighted by Gasteiger charge is 2.17. The number of carbonyl (C=O) groups excluding carboxylic acids is 1. The summed E-state index contributed by atoms with van der Waals surface area (Å²) >= 11 is 0. The highest BCUT2D eigenvalue weighted by atomic mass is 16.5. The number of esters is 1. The van der Waals surface area contributed by atoms with Gasteiger partial charge >= 0.3 is 5.97 Å². The fraction of sp³-hybridized carbons (Fsp3) is 0.188. The van der Waals surface area contributed by atoms with Crippen molar-refractivity contribution in [3.05, 3.63) is 65.5 Å². The summed E-state index contributed by atoms with van der Waals surface area (Å²) in [6, 6.07) is 16.6. The highest BCUT2D eigenvalue weighted by Crippen LogP contribution is 2.22. The lowest BCUT2D eigenvalue weighted by atomic mass is 9.96. The average molecular weight is 266 g/mol. The van der Waals surface area contributed by atoms with Crippen LogP contribution in [0.1, 0.15) is 34.6 Å². The third-order valence-corrected chi connectivity index (χ3v) is 2.81. The molecule has 2 aromatic rings. The summed E-state index contributed by atoms with van der Waals surface area (Å²) in [6.45, 7) is 2.04. The van der Waals surface area contributed by atoms with Crippen LogP contribution in [0, 0.1) is 11.3 Å². The second-order valence-electron chi connectivity index (χ2n) is 4.14. The predicted molar refractivity (Wildman–Crippen MR) is 74.1 cm³/mol. The summed E-state index contributed by atoms with van der Waals surface area (Å²) < 4.78 is 4.92. The summed E-state index contributed by atoms with van der Waals surface area (Å²) in [6.07, 6.45) is 0. The minimum Gasteiger partial charge on any atom is -0.461 e. The minimum absolute atomic E-state index is 0.223. The Morgan fingerprint density at radius 3 is 2.65 bits per heavy atom. The molecule has 0 aliphatic rings. The molecule has 0 radical (unpaired) electrons. The van der Waals surface area contributed by atoms with E-state index in [2.05, 4.69) is 11.1 Å². The van der Waals surface area contributed by atoms with E-state index in [9.17, 15) is 10.1 Å². The summed E-state index contributed by atoms with van der Waals surface area (Å²) in [4.78, 5) is 15.9. The van der Waals surface area contributed by atoms with Gasteiger partial charge in [0, 0.05) is 0 Å². The molecule has 1 aromatic carbocycles. The van der Waals surface area contributed by atoms with E-state index >= 15 is 0 Å². The average Bonchev–Trinajstić information content (AvgIpc) is 2.50. The maximum Gasteiger partial charge on any atom is 0.356 e. The lowest BCUT2D eigenvalue weighted by Gasteiger charge is -2.10. The van der Waals surface area contributed by atoms with Crippen LogP contribution in [0.4, 0.5) is 0 Å². The van der Waals surface area contributed by atoms with Crippen molar-refractivity contribution < 1.29 is 9.53 Å². The third kappa shape index (κ3) is 3.01. The predicted octanol–water partition coefficient (Wildman–Crippen LogP) is 2.91. The van der Waals surface area contributed by atoms with Crippen LogP contribution >= 0.6 is 0 Å². The number of rotatable bonds is 4. The summed E-state index contributed by atoms with van der Waals surface area (Å²) in [5, 5.41) is 9.36. The van der Waals surface area contributed by atoms with E-state index in [0.29, 0.717) is 12.3 Å². The smallest absolute Gasteiger partial charge is 0.356 e. The molecule has 4 nitrogen and oxygen atoms in total. The molecule has 1 unspecified atom stereocenters. The highest BCUT2D eigenvalue weighted by molar-refractivity contribution is 5.87. The first-order valence-electron chi connectivity index (χ1n) is 6.35. The zero-order valence-electron chi connectivity index (χ0n) is 11.1. The molecule has 0 fully saturated rings. The first-order chi connectivity index (χ1) is 9.76. The van der Waals surface area contributed by atoms with Gasteiger partial charge in [-0.3, -0.25) is 0 Å². The van der Waals surface area contributed by atoms with E-state index in [1.807, 2.05) is 30.3 Å². The molecule has 1 atom stereocenters. The van der Waals surface area contributed by atoms with Gasteiger partial charge in [-0.05, 0) is 24.6 Å². The molecule has 0 spiro atoms. The summed E-state index contributed by atoms with van der Waals surface area (Å²) in [5.74, 6) is -0.968. The van der Waals surface area contributed by atoms with Crippen molar-refractivity contribution in [2.75, 3.05) is 6.61 Å². The number of hydrogen-bond donors (Lipinski definition) is 0. The quantitative estimate of drug-likeness (QED) is 0.798. The van der Waals surface area contributed by atoms with Gasteiger partial charge in [0.05, 0.1) is 18.4 Å². The molecule has 0 saturated heterocycles. The zero-order chi connectivity index (χ0) is 14.4. The molecule has 2 rings (SSSR count). The van der Waals surface area contributed by atoms with Crippen LogP contribution in [0.25, 0.3) is 0 Å². The van der Waals surface area contributed by atoms with Crippen LogP contribution in [0.15, 0.2) is 48.5 Å². The Bertz CT molecular complexity index is 632. The molecule has 1 aromatic heterocycles. The lowest BCUT2D eigenvalue weighted by Crippen LogP contribution is -2.10. The van der Waals surface area contributed by atoms with E-state index in [-0.39, 0.29) is 5.69 Å². The van der Waals surface area contributed by atoms with Crippen LogP contribution in [-0.4, -0.2) is 17.6 Å². The van der Waals surface area contributed by atoms with Crippen molar-refractivity contribution >= 4 is 5.97 Å². The Morgan fingerprint density at radius 2 is 2.00 bits per heavy atom. The van der Waals surface area contributed by atoms with E-state index < -0.39 is 11.9 Å². The second kappa shape index (κ2) is 6.48. The first kappa shape index (κ1) is 13.8. The SMILES string of the molecule is CCOC(=O)c1cccc(C(C#N)c2ccccc2)n1. The van der Waals surface area contributed by atoms with Crippen LogP contribution in [0.5, 0.6) is 0 Å². The van der Waals surface area contributed by atoms with Crippen LogP contribution in [0.3, 0.4) is 0 Å². The van der Waals surface area contributed by atoms with Gasteiger partial charge in [0.15, 0.2) is 0 Å². The molecule has 0 bridgehead atoms. The molecule has 0 saturated carbocycles. The Hall–Kier alpha value is -2.67. The fourth-order valence-electron chi connectivity index (χ4n) is 1.89. The zero-order valence-corrected chi connectivity index (χ0v) is 11.1. The maximum absolute atomic E-state index is 11.7. The largest absolute Gasteiger partial charge is 0.461 e. The number of ether oxygens (including phenoxy) is 1. The molecular weight excluding hydrogens is 252 g/mol. The van der Waals surface area contributed by atoms with Crippen molar-refractivity contribution in [1.82, 2.24) is 4.98 Å². The topological polar surface area (TPSA) is 63.0 Å². The molecule has 4 heteroatoms. The number of nitriles is 1. The number of pyridine rings is 1. The molecule has 20 heavy (non-hydrogen) atoms. The van der Waals surface area contributed by atoms with Crippen molar-refractivity contribution in [3.63, 3.8) is 0 Å². The van der Waals surface area contributed by atoms with Gasteiger partial charge in [-0.1, -0.05) is 36.4 Å². The van der Waals surface area contributed by atoms with Gasteiger partial charge < -0.3 is 4.74 Å². The second-order valence-corrected chi connectivity index (χ2v) is 4.14. The van der Waals surface area contributed by atoms with Gasteiger partial charge in [0.25, 0.3) is 0 Å². The van der Waals surface area contributed by atoms with E-state index in [0.717, 1.165) is 5.56 Å². The van der Waals surface area contributed by atoms with Crippen LogP contribution in [-0.2, 0) is 4.74 Å². The molecule has 100 valence electrons. The Kier molecular flexibility index (Phi) is 4.46. The maximum atomic E-state index is 11.7. The van der Waals surface area contributed by atoms with Gasteiger partial charge in [-0.25, -0.2) is 9.78 Å². The number of aromatic nitrogens is 1. The van der Waals surface area contributed by atoms with Gasteiger partial charge in [0.1, 0.15) is 11.6 Å². The van der Waals surface area contributed by atoms with Gasteiger partial charge in [-0.15, -0.1) is 0 Å². The third-order valence-electron chi connectivity index (χ3n) is 2.81. The summed E-state index contributed by atoms with van der Waals surface area (Å²) in [5.41, 5.74) is 1.62. The lowest BCUT2D eigenvalue weighted by molar-refractivity contribution is 0.0519. The standard InChI is InChI=1S/C16H14N2O2/c1-2-20-16(19)15-10-6-9-14(18-15)13(11-17)12-7-4-3-5-8-12/h3-10,13H,2H2,1H3. The van der Waals surface area contributed by atoms with Gasteiger partial charge in [0.2, 0.25) is 0 Å². The Balaban J connectivity index is 2.35. The molecule has 0 aliphatic heterocycles. The molecular formula is C16H14N2O2. The van der Waals surface area contributed by atoms with E-state index in [1.165, 1.54) is 0 Å². The summed E-state index contributed by atoms with van der Waals surface area (Å²) in [7, 11) is 0. The van der Waals surface area contributed by atoms with Crippen molar-refractivity contribution in [2.24, 2.45) is 0 Å². The molecule has 0 amide bonds. The first-order valence-corrected chi connectivity index (χ1v) is 6.35. The fourth-order valence-corrected chi connectivity index (χ4v) is 1.89. The number of nitrogens with zero attached hydrogens (tertiary/aromatic N) is 2.